The summed E-state index contributed by atoms with van der Waals surface area (Å²) in [5, 5.41) is 8.00. The molecule has 5 heteroatoms. The summed E-state index contributed by atoms with van der Waals surface area (Å²) in [6.45, 7) is 0.994. The second-order valence-electron chi connectivity index (χ2n) is 1.67. The second-order valence-corrected chi connectivity index (χ2v) is 1.67. The molecule has 1 unspecified atom stereocenters. The molecular weight excluding hydrogens is 153 g/mol. The number of hydrogen-bond acceptors (Lipinski definition) is 4. The van der Waals surface area contributed by atoms with Crippen LogP contribution in [0.15, 0.2) is 0 Å². The van der Waals surface area contributed by atoms with E-state index in [1.165, 1.54) is 0 Å². The molecule has 0 heterocycles. The Morgan fingerprint density at radius 1 is 1.82 bits per heavy atom. The van der Waals surface area contributed by atoms with Crippen LogP contribution in [0.1, 0.15) is 13.3 Å². The first-order chi connectivity index (χ1) is 5.16. The summed E-state index contributed by atoms with van der Waals surface area (Å²) in [6, 6.07) is 1.75. The van der Waals surface area contributed by atoms with Crippen molar-refractivity contribution in [2.75, 3.05) is 6.61 Å². The zero-order chi connectivity index (χ0) is 8.69. The monoisotopic (exact) mass is 161 g/mol. The molecule has 0 bridgehead atoms. The van der Waals surface area contributed by atoms with E-state index in [-0.39, 0.29) is 13.0 Å². The number of carbonyl (C=O) groups excluding carboxylic acids is 1. The lowest BCUT2D eigenvalue weighted by molar-refractivity contribution is -0.0202. The van der Waals surface area contributed by atoms with Crippen LogP contribution in [0.4, 0.5) is 9.18 Å². The third kappa shape index (κ3) is 6.58. The van der Waals surface area contributed by atoms with Crippen molar-refractivity contribution >= 4 is 6.16 Å². The van der Waals surface area contributed by atoms with Crippen LogP contribution in [0.5, 0.6) is 0 Å². The van der Waals surface area contributed by atoms with Gasteiger partial charge in [-0.3, -0.25) is 0 Å². The average Bonchev–Trinajstić information content (AvgIpc) is 1.86. The molecule has 0 aromatic rings. The van der Waals surface area contributed by atoms with Crippen LogP contribution in [0.3, 0.4) is 0 Å². The first-order valence-corrected chi connectivity index (χ1v) is 3.01. The number of nitriles is 1. The number of carbonyl (C=O) groups is 1. The van der Waals surface area contributed by atoms with Gasteiger partial charge in [-0.05, 0) is 0 Å². The molecule has 0 saturated heterocycles. The predicted octanol–water partition coefficient (Wildman–Crippen LogP) is 1.37. The number of alkyl halides is 1. The van der Waals surface area contributed by atoms with Gasteiger partial charge in [-0.2, -0.15) is 5.26 Å². The minimum absolute atomic E-state index is 0.0674. The van der Waals surface area contributed by atoms with E-state index in [1.807, 2.05) is 0 Å². The maximum absolute atomic E-state index is 11.9. The number of ether oxygens (including phenoxy) is 2. The Labute approximate surface area is 63.5 Å². The van der Waals surface area contributed by atoms with E-state index in [9.17, 15) is 9.18 Å². The van der Waals surface area contributed by atoms with Gasteiger partial charge in [-0.1, -0.05) is 0 Å². The molecule has 0 amide bonds. The van der Waals surface area contributed by atoms with E-state index in [0.29, 0.717) is 0 Å². The fourth-order valence-electron chi connectivity index (χ4n) is 0.347. The Kier molecular flexibility index (Phi) is 4.82. The molecule has 4 nitrogen and oxygen atoms in total. The molecule has 62 valence electrons. The van der Waals surface area contributed by atoms with Crippen LogP contribution >= 0.6 is 0 Å². The summed E-state index contributed by atoms with van der Waals surface area (Å²) in [4.78, 5) is 10.3. The zero-order valence-electron chi connectivity index (χ0n) is 6.04. The van der Waals surface area contributed by atoms with Crippen molar-refractivity contribution in [3.63, 3.8) is 0 Å². The Morgan fingerprint density at radius 3 is 2.91 bits per heavy atom. The zero-order valence-corrected chi connectivity index (χ0v) is 6.04. The van der Waals surface area contributed by atoms with Crippen molar-refractivity contribution in [2.45, 2.75) is 19.7 Å². The van der Waals surface area contributed by atoms with Gasteiger partial charge < -0.3 is 9.47 Å². The third-order valence-electron chi connectivity index (χ3n) is 0.692. The standard InChI is InChI=1S/C6H8FNO3/c1-5(7)11-6(9)10-4-2-3-8/h5H,2,4H2,1H3. The lowest BCUT2D eigenvalue weighted by Crippen LogP contribution is -2.12. The minimum atomic E-state index is -1.68. The van der Waals surface area contributed by atoms with Crippen molar-refractivity contribution in [3.8, 4) is 6.07 Å². The maximum atomic E-state index is 11.9. The first-order valence-electron chi connectivity index (χ1n) is 3.01. The molecule has 1 atom stereocenters. The van der Waals surface area contributed by atoms with Gasteiger partial charge in [-0.15, -0.1) is 0 Å². The van der Waals surface area contributed by atoms with Crippen molar-refractivity contribution in [2.24, 2.45) is 0 Å². The molecule has 0 aliphatic rings. The van der Waals surface area contributed by atoms with Crippen LogP contribution < -0.4 is 0 Å². The second kappa shape index (κ2) is 5.47. The summed E-state index contributed by atoms with van der Waals surface area (Å²) in [6.07, 6.45) is -2.68. The molecular formula is C6H8FNO3. The minimum Gasteiger partial charge on any atom is -0.433 e. The van der Waals surface area contributed by atoms with Crippen LogP contribution in [0, 0.1) is 11.3 Å². The quantitative estimate of drug-likeness (QED) is 0.463. The van der Waals surface area contributed by atoms with Crippen molar-refractivity contribution < 1.29 is 18.7 Å². The van der Waals surface area contributed by atoms with E-state index in [0.717, 1.165) is 6.92 Å². The van der Waals surface area contributed by atoms with Crippen LogP contribution in [-0.4, -0.2) is 19.1 Å². The van der Waals surface area contributed by atoms with Gasteiger partial charge in [0.1, 0.15) is 6.61 Å². The molecule has 0 aromatic heterocycles. The Hall–Kier alpha value is -1.31. The first kappa shape index (κ1) is 9.69. The third-order valence-corrected chi connectivity index (χ3v) is 0.692. The van der Waals surface area contributed by atoms with Crippen LogP contribution in [0.25, 0.3) is 0 Å². The van der Waals surface area contributed by atoms with Crippen molar-refractivity contribution in [3.05, 3.63) is 0 Å². The van der Waals surface area contributed by atoms with Gasteiger partial charge in [0.2, 0.25) is 6.36 Å². The van der Waals surface area contributed by atoms with E-state index in [1.54, 1.807) is 6.07 Å². The topological polar surface area (TPSA) is 59.3 Å². The molecule has 0 rings (SSSR count). The molecule has 0 aliphatic heterocycles. The number of nitrogens with zero attached hydrogens (tertiary/aromatic N) is 1. The SMILES string of the molecule is CC(F)OC(=O)OCCC#N. The largest absolute Gasteiger partial charge is 0.510 e. The average molecular weight is 161 g/mol. The highest BCUT2D eigenvalue weighted by molar-refractivity contribution is 5.59. The Morgan fingerprint density at radius 2 is 2.45 bits per heavy atom. The highest BCUT2D eigenvalue weighted by Crippen LogP contribution is 1.94. The molecule has 0 spiro atoms. The van der Waals surface area contributed by atoms with Gasteiger partial charge in [0, 0.05) is 6.92 Å². The number of hydrogen-bond donors (Lipinski definition) is 0. The van der Waals surface area contributed by atoms with Crippen LogP contribution in [-0.2, 0) is 9.47 Å². The molecule has 0 aromatic carbocycles. The van der Waals surface area contributed by atoms with Gasteiger partial charge in [-0.25, -0.2) is 9.18 Å². The molecule has 11 heavy (non-hydrogen) atoms. The smallest absolute Gasteiger partial charge is 0.433 e. The Balaban J connectivity index is 3.32. The lowest BCUT2D eigenvalue weighted by Gasteiger charge is -2.03. The normalized spacial score (nSPS) is 11.4. The molecule has 0 N–H and O–H groups in total. The number of halogens is 1. The molecule has 0 fully saturated rings. The highest BCUT2D eigenvalue weighted by Gasteiger charge is 2.07. The van der Waals surface area contributed by atoms with Gasteiger partial charge in [0.25, 0.3) is 0 Å². The lowest BCUT2D eigenvalue weighted by atomic mass is 10.5. The summed E-state index contributed by atoms with van der Waals surface area (Å²) < 4.78 is 20.1. The summed E-state index contributed by atoms with van der Waals surface area (Å²) >= 11 is 0. The molecule has 0 saturated carbocycles. The summed E-state index contributed by atoms with van der Waals surface area (Å²) in [5.41, 5.74) is 0. The van der Waals surface area contributed by atoms with Gasteiger partial charge in [0.15, 0.2) is 0 Å². The summed E-state index contributed by atoms with van der Waals surface area (Å²) in [7, 11) is 0. The molecule has 0 aliphatic carbocycles. The Bertz CT molecular complexity index is 164. The fourth-order valence-corrected chi connectivity index (χ4v) is 0.347. The van der Waals surface area contributed by atoms with E-state index >= 15 is 0 Å². The fraction of sp³-hybridized carbons (Fsp3) is 0.667. The van der Waals surface area contributed by atoms with Crippen LogP contribution in [0.2, 0.25) is 0 Å². The predicted molar refractivity (Wildman–Crippen MR) is 33.2 cm³/mol. The molecule has 0 radical (unpaired) electrons. The maximum Gasteiger partial charge on any atom is 0.510 e. The van der Waals surface area contributed by atoms with Gasteiger partial charge in [0.05, 0.1) is 12.5 Å². The highest BCUT2D eigenvalue weighted by atomic mass is 19.1. The van der Waals surface area contributed by atoms with E-state index < -0.39 is 12.5 Å². The van der Waals surface area contributed by atoms with E-state index in [2.05, 4.69) is 9.47 Å². The summed E-state index contributed by atoms with van der Waals surface area (Å²) in [5.74, 6) is 0. The van der Waals surface area contributed by atoms with Crippen molar-refractivity contribution in [1.82, 2.24) is 0 Å². The van der Waals surface area contributed by atoms with E-state index in [4.69, 9.17) is 5.26 Å². The number of rotatable bonds is 3. The van der Waals surface area contributed by atoms with Gasteiger partial charge >= 0.3 is 6.16 Å². The van der Waals surface area contributed by atoms with Crippen molar-refractivity contribution in [1.29, 1.82) is 5.26 Å².